The van der Waals surface area contributed by atoms with Gasteiger partial charge in [0.05, 0.1) is 6.61 Å². The highest BCUT2D eigenvalue weighted by Crippen LogP contribution is 2.22. The Morgan fingerprint density at radius 2 is 1.80 bits per heavy atom. The van der Waals surface area contributed by atoms with Crippen LogP contribution in [0.5, 0.6) is 0 Å². The standard InChI is InChI=1S/C21H28N6O3/c1-14(13-28)23-18-12-17(20(29)27-10-4-2-3-5-11-27)25-19(26-18)15-6-8-16(9-7-15)24-21(22)30/h6-9,12,14,28H,2-5,10-11,13H2,1H3,(H3,22,24,30)(H,23,25,26)/t14-/m0/s1. The molecule has 1 aromatic carbocycles. The van der Waals surface area contributed by atoms with E-state index in [1.54, 1.807) is 30.3 Å². The number of amides is 3. The minimum atomic E-state index is -0.645. The van der Waals surface area contributed by atoms with Crippen LogP contribution in [0, 0.1) is 0 Å². The highest BCUT2D eigenvalue weighted by molar-refractivity contribution is 5.93. The Labute approximate surface area is 175 Å². The quantitative estimate of drug-likeness (QED) is 0.576. The van der Waals surface area contributed by atoms with Gasteiger partial charge in [-0.25, -0.2) is 14.8 Å². The smallest absolute Gasteiger partial charge is 0.316 e. The van der Waals surface area contributed by atoms with E-state index in [0.717, 1.165) is 38.8 Å². The Morgan fingerprint density at radius 1 is 1.13 bits per heavy atom. The molecule has 0 saturated carbocycles. The number of nitrogens with zero attached hydrogens (tertiary/aromatic N) is 3. The van der Waals surface area contributed by atoms with E-state index in [1.165, 1.54) is 0 Å². The van der Waals surface area contributed by atoms with Crippen molar-refractivity contribution in [2.75, 3.05) is 30.3 Å². The molecule has 160 valence electrons. The van der Waals surface area contributed by atoms with E-state index < -0.39 is 6.03 Å². The van der Waals surface area contributed by atoms with Gasteiger partial charge < -0.3 is 26.4 Å². The number of nitrogens with two attached hydrogens (primary N) is 1. The highest BCUT2D eigenvalue weighted by atomic mass is 16.3. The number of likely N-dealkylation sites (tertiary alicyclic amines) is 1. The number of carbonyl (C=O) groups is 2. The number of urea groups is 1. The van der Waals surface area contributed by atoms with Gasteiger partial charge in [0.2, 0.25) is 0 Å². The number of nitrogens with one attached hydrogen (secondary N) is 2. The van der Waals surface area contributed by atoms with Gasteiger partial charge in [0.25, 0.3) is 5.91 Å². The van der Waals surface area contributed by atoms with Crippen LogP contribution in [0.3, 0.4) is 0 Å². The zero-order valence-electron chi connectivity index (χ0n) is 17.1. The van der Waals surface area contributed by atoms with Gasteiger partial charge in [-0.05, 0) is 44.0 Å². The van der Waals surface area contributed by atoms with Crippen molar-refractivity contribution in [2.45, 2.75) is 38.6 Å². The number of aliphatic hydroxyl groups excluding tert-OH is 1. The molecule has 30 heavy (non-hydrogen) atoms. The third-order valence-corrected chi connectivity index (χ3v) is 4.92. The van der Waals surface area contributed by atoms with Crippen LogP contribution in [0.1, 0.15) is 43.1 Å². The molecule has 1 aliphatic heterocycles. The summed E-state index contributed by atoms with van der Waals surface area (Å²) in [6.45, 7) is 3.20. The molecule has 9 nitrogen and oxygen atoms in total. The van der Waals surface area contributed by atoms with E-state index in [2.05, 4.69) is 20.6 Å². The van der Waals surface area contributed by atoms with Gasteiger partial charge in [0, 0.05) is 36.4 Å². The summed E-state index contributed by atoms with van der Waals surface area (Å²) >= 11 is 0. The maximum absolute atomic E-state index is 13.1. The van der Waals surface area contributed by atoms with Crippen LogP contribution in [0.2, 0.25) is 0 Å². The van der Waals surface area contributed by atoms with Crippen molar-refractivity contribution in [1.29, 1.82) is 0 Å². The van der Waals surface area contributed by atoms with Crippen molar-refractivity contribution in [1.82, 2.24) is 14.9 Å². The SMILES string of the molecule is C[C@@H](CO)Nc1cc(C(=O)N2CCCCCC2)nc(-c2ccc(NC(N)=O)cc2)n1. The van der Waals surface area contributed by atoms with Crippen molar-refractivity contribution in [3.63, 3.8) is 0 Å². The number of aliphatic hydroxyl groups is 1. The Balaban J connectivity index is 1.93. The number of anilines is 2. The van der Waals surface area contributed by atoms with E-state index in [-0.39, 0.29) is 18.6 Å². The van der Waals surface area contributed by atoms with E-state index in [4.69, 9.17) is 5.73 Å². The molecular formula is C21H28N6O3. The van der Waals surface area contributed by atoms with E-state index in [0.29, 0.717) is 28.6 Å². The van der Waals surface area contributed by atoms with Gasteiger partial charge >= 0.3 is 6.03 Å². The topological polar surface area (TPSA) is 133 Å². The van der Waals surface area contributed by atoms with E-state index in [1.807, 2.05) is 11.8 Å². The maximum Gasteiger partial charge on any atom is 0.316 e. The zero-order chi connectivity index (χ0) is 21.5. The number of benzene rings is 1. The normalized spacial score (nSPS) is 15.2. The van der Waals surface area contributed by atoms with Crippen LogP contribution in [0.4, 0.5) is 16.3 Å². The first-order chi connectivity index (χ1) is 14.5. The summed E-state index contributed by atoms with van der Waals surface area (Å²) < 4.78 is 0. The molecule has 9 heteroatoms. The van der Waals surface area contributed by atoms with Crippen molar-refractivity contribution >= 4 is 23.4 Å². The van der Waals surface area contributed by atoms with Crippen LogP contribution >= 0.6 is 0 Å². The first-order valence-corrected chi connectivity index (χ1v) is 10.2. The second kappa shape index (κ2) is 10.0. The molecular weight excluding hydrogens is 384 g/mol. The van der Waals surface area contributed by atoms with Gasteiger partial charge in [-0.1, -0.05) is 12.8 Å². The second-order valence-electron chi connectivity index (χ2n) is 7.46. The Hall–Kier alpha value is -3.20. The van der Waals surface area contributed by atoms with Crippen LogP contribution in [-0.2, 0) is 0 Å². The number of hydrogen-bond donors (Lipinski definition) is 4. The maximum atomic E-state index is 13.1. The van der Waals surface area contributed by atoms with Gasteiger partial charge in [-0.2, -0.15) is 0 Å². The number of rotatable bonds is 6. The zero-order valence-corrected chi connectivity index (χ0v) is 17.1. The van der Waals surface area contributed by atoms with Gasteiger partial charge in [0.15, 0.2) is 5.82 Å². The van der Waals surface area contributed by atoms with E-state index >= 15 is 0 Å². The van der Waals surface area contributed by atoms with Crippen LogP contribution < -0.4 is 16.4 Å². The summed E-state index contributed by atoms with van der Waals surface area (Å²) in [7, 11) is 0. The predicted octanol–water partition coefficient (Wildman–Crippen LogP) is 2.44. The average molecular weight is 412 g/mol. The van der Waals surface area contributed by atoms with E-state index in [9.17, 15) is 14.7 Å². The van der Waals surface area contributed by atoms with Crippen molar-refractivity contribution in [2.24, 2.45) is 5.73 Å². The minimum Gasteiger partial charge on any atom is -0.394 e. The molecule has 2 heterocycles. The third kappa shape index (κ3) is 5.66. The number of carbonyl (C=O) groups excluding carboxylic acids is 2. The Morgan fingerprint density at radius 3 is 2.40 bits per heavy atom. The monoisotopic (exact) mass is 412 g/mol. The Kier molecular flexibility index (Phi) is 7.18. The lowest BCUT2D eigenvalue weighted by Gasteiger charge is -2.21. The third-order valence-electron chi connectivity index (χ3n) is 4.92. The first kappa shape index (κ1) is 21.5. The second-order valence-corrected chi connectivity index (χ2v) is 7.46. The summed E-state index contributed by atoms with van der Waals surface area (Å²) in [5.74, 6) is 0.736. The molecule has 3 amide bonds. The van der Waals surface area contributed by atoms with Crippen molar-refractivity contribution in [3.8, 4) is 11.4 Å². The number of aromatic nitrogens is 2. The highest BCUT2D eigenvalue weighted by Gasteiger charge is 2.21. The van der Waals surface area contributed by atoms with Gasteiger partial charge in [-0.3, -0.25) is 4.79 Å². The first-order valence-electron chi connectivity index (χ1n) is 10.2. The molecule has 1 aliphatic rings. The van der Waals surface area contributed by atoms with Crippen molar-refractivity contribution < 1.29 is 14.7 Å². The minimum absolute atomic E-state index is 0.0672. The molecule has 0 radical (unpaired) electrons. The molecule has 1 saturated heterocycles. The molecule has 2 aromatic rings. The lowest BCUT2D eigenvalue weighted by atomic mass is 10.2. The largest absolute Gasteiger partial charge is 0.394 e. The fourth-order valence-corrected chi connectivity index (χ4v) is 3.34. The lowest BCUT2D eigenvalue weighted by molar-refractivity contribution is 0.0755. The summed E-state index contributed by atoms with van der Waals surface area (Å²) in [6.07, 6.45) is 4.24. The molecule has 0 spiro atoms. The fourth-order valence-electron chi connectivity index (χ4n) is 3.34. The fraction of sp³-hybridized carbons (Fsp3) is 0.429. The summed E-state index contributed by atoms with van der Waals surface area (Å²) in [5.41, 5.74) is 6.70. The number of primary amides is 1. The summed E-state index contributed by atoms with van der Waals surface area (Å²) in [4.78, 5) is 35.0. The lowest BCUT2D eigenvalue weighted by Crippen LogP contribution is -2.32. The molecule has 0 aliphatic carbocycles. The van der Waals surface area contributed by atoms with Crippen LogP contribution in [-0.4, -0.2) is 57.7 Å². The number of hydrogen-bond acceptors (Lipinski definition) is 6. The molecule has 0 bridgehead atoms. The molecule has 1 atom stereocenters. The van der Waals surface area contributed by atoms with Crippen LogP contribution in [0.25, 0.3) is 11.4 Å². The summed E-state index contributed by atoms with van der Waals surface area (Å²) in [6, 6.07) is 7.64. The molecule has 3 rings (SSSR count). The molecule has 5 N–H and O–H groups in total. The molecule has 0 unspecified atom stereocenters. The van der Waals surface area contributed by atoms with Gasteiger partial charge in [-0.15, -0.1) is 0 Å². The molecule has 1 fully saturated rings. The average Bonchev–Trinajstić information content (AvgIpc) is 3.02. The summed E-state index contributed by atoms with van der Waals surface area (Å²) in [5, 5.41) is 15.0. The van der Waals surface area contributed by atoms with Gasteiger partial charge in [0.1, 0.15) is 11.5 Å². The Bertz CT molecular complexity index is 879. The van der Waals surface area contributed by atoms with Crippen LogP contribution in [0.15, 0.2) is 30.3 Å². The predicted molar refractivity (Wildman–Crippen MR) is 115 cm³/mol. The van der Waals surface area contributed by atoms with Crippen molar-refractivity contribution in [3.05, 3.63) is 36.0 Å². The molecule has 1 aromatic heterocycles.